The highest BCUT2D eigenvalue weighted by Crippen LogP contribution is 2.26. The van der Waals surface area contributed by atoms with E-state index < -0.39 is 35.5 Å². The van der Waals surface area contributed by atoms with Crippen molar-refractivity contribution >= 4 is 39.9 Å². The van der Waals surface area contributed by atoms with Gasteiger partial charge in [-0.3, -0.25) is 9.36 Å². The number of nitrogens with zero attached hydrogens (tertiary/aromatic N) is 5. The summed E-state index contributed by atoms with van der Waals surface area (Å²) in [6.45, 7) is -0.207. The van der Waals surface area contributed by atoms with E-state index >= 15 is 0 Å². The number of rotatable bonds is 7. The van der Waals surface area contributed by atoms with Gasteiger partial charge in [0.05, 0.1) is 30.8 Å². The molecule has 11 nitrogen and oxygen atoms in total. The molecule has 1 aliphatic heterocycles. The molecule has 0 saturated carbocycles. The third-order valence-electron chi connectivity index (χ3n) is 4.49. The number of carboxylic acid groups (broad SMARTS) is 1. The number of aromatic carboxylic acids is 1. The summed E-state index contributed by atoms with van der Waals surface area (Å²) in [7, 11) is 0. The zero-order valence-electron chi connectivity index (χ0n) is 15.8. The van der Waals surface area contributed by atoms with Gasteiger partial charge in [-0.25, -0.2) is 19.2 Å². The van der Waals surface area contributed by atoms with Gasteiger partial charge in [0.15, 0.2) is 22.4 Å². The minimum atomic E-state index is -1.43. The zero-order valence-corrected chi connectivity index (χ0v) is 16.6. The van der Waals surface area contributed by atoms with Gasteiger partial charge in [-0.15, -0.1) is 11.3 Å². The van der Waals surface area contributed by atoms with Gasteiger partial charge in [-0.05, 0) is 6.07 Å². The van der Waals surface area contributed by atoms with Crippen molar-refractivity contribution in [2.24, 2.45) is 5.16 Å². The Labute approximate surface area is 177 Å². The Balaban J connectivity index is 1.70. The Morgan fingerprint density at radius 1 is 1.42 bits per heavy atom. The Hall–Kier alpha value is -3.42. The summed E-state index contributed by atoms with van der Waals surface area (Å²) in [6, 6.07) is 0.972. The second-order valence-corrected chi connectivity index (χ2v) is 7.55. The van der Waals surface area contributed by atoms with E-state index in [-0.39, 0.29) is 36.5 Å². The second kappa shape index (κ2) is 8.37. The Morgan fingerprint density at radius 2 is 2.19 bits per heavy atom. The number of pyridine rings is 2. The molecule has 0 amide bonds. The van der Waals surface area contributed by atoms with Crippen LogP contribution in [0.2, 0.25) is 0 Å². The zero-order chi connectivity index (χ0) is 22.1. The van der Waals surface area contributed by atoms with E-state index in [2.05, 4.69) is 15.1 Å². The quantitative estimate of drug-likeness (QED) is 0.431. The van der Waals surface area contributed by atoms with E-state index in [9.17, 15) is 24.2 Å². The van der Waals surface area contributed by atoms with Crippen molar-refractivity contribution in [2.75, 3.05) is 31.2 Å². The number of anilines is 1. The summed E-state index contributed by atoms with van der Waals surface area (Å²) >= 11 is 1.20. The minimum absolute atomic E-state index is 0.0328. The topological polar surface area (TPSA) is 150 Å². The summed E-state index contributed by atoms with van der Waals surface area (Å²) in [5, 5.41) is 33.0. The first-order valence-electron chi connectivity index (χ1n) is 8.99. The van der Waals surface area contributed by atoms with Crippen molar-refractivity contribution in [1.29, 1.82) is 0 Å². The van der Waals surface area contributed by atoms with Crippen LogP contribution < -0.4 is 10.3 Å². The molecule has 4 rings (SSSR count). The number of carbonyl (C=O) groups is 1. The first kappa shape index (κ1) is 20.8. The molecule has 1 atom stereocenters. The maximum absolute atomic E-state index is 14.8. The normalized spacial score (nSPS) is 14.4. The SMILES string of the molecule is O=C(O)c1cn(-c2nccs2)c2nc(N3CC(=NOC[C@H](O)CO)C3)c(F)cc2c1=O. The highest BCUT2D eigenvalue weighted by atomic mass is 32.1. The summed E-state index contributed by atoms with van der Waals surface area (Å²) < 4.78 is 16.1. The highest BCUT2D eigenvalue weighted by molar-refractivity contribution is 7.12. The molecule has 3 N–H and O–H groups in total. The first-order valence-corrected chi connectivity index (χ1v) is 9.87. The second-order valence-electron chi connectivity index (χ2n) is 6.67. The lowest BCUT2D eigenvalue weighted by Crippen LogP contribution is -2.48. The van der Waals surface area contributed by atoms with Crippen molar-refractivity contribution in [3.8, 4) is 5.13 Å². The van der Waals surface area contributed by atoms with E-state index in [4.69, 9.17) is 9.94 Å². The number of thiazole rings is 1. The molecule has 4 heterocycles. The monoisotopic (exact) mass is 449 g/mol. The van der Waals surface area contributed by atoms with Gasteiger partial charge in [0.1, 0.15) is 18.3 Å². The summed E-state index contributed by atoms with van der Waals surface area (Å²) in [5.74, 6) is -2.25. The summed E-state index contributed by atoms with van der Waals surface area (Å²) in [5.41, 5.74) is -0.703. The maximum Gasteiger partial charge on any atom is 0.341 e. The lowest BCUT2D eigenvalue weighted by atomic mass is 10.1. The molecule has 1 fully saturated rings. The lowest BCUT2D eigenvalue weighted by molar-refractivity contribution is 0.00789. The molecule has 0 aromatic carbocycles. The van der Waals surface area contributed by atoms with Crippen LogP contribution in [0.4, 0.5) is 10.2 Å². The number of aliphatic hydroxyl groups excluding tert-OH is 2. The van der Waals surface area contributed by atoms with Gasteiger partial charge in [0, 0.05) is 17.8 Å². The number of hydrogen-bond donors (Lipinski definition) is 3. The number of aromatic nitrogens is 3. The fourth-order valence-electron chi connectivity index (χ4n) is 2.94. The van der Waals surface area contributed by atoms with Gasteiger partial charge in [-0.2, -0.15) is 0 Å². The van der Waals surface area contributed by atoms with Crippen molar-refractivity contribution in [1.82, 2.24) is 14.5 Å². The number of hydrogen-bond acceptors (Lipinski definition) is 10. The molecule has 31 heavy (non-hydrogen) atoms. The molecule has 0 spiro atoms. The number of carboxylic acids is 1. The fraction of sp³-hybridized carbons (Fsp3) is 0.278. The first-order chi connectivity index (χ1) is 14.9. The van der Waals surface area contributed by atoms with E-state index in [1.807, 2.05) is 0 Å². The average Bonchev–Trinajstić information content (AvgIpc) is 3.24. The van der Waals surface area contributed by atoms with Crippen LogP contribution in [0.5, 0.6) is 0 Å². The third kappa shape index (κ3) is 3.97. The smallest absolute Gasteiger partial charge is 0.341 e. The molecule has 0 bridgehead atoms. The van der Waals surface area contributed by atoms with Crippen molar-refractivity contribution < 1.29 is 29.3 Å². The molecule has 162 valence electrons. The van der Waals surface area contributed by atoms with E-state index in [1.54, 1.807) is 10.3 Å². The third-order valence-corrected chi connectivity index (χ3v) is 5.26. The lowest BCUT2D eigenvalue weighted by Gasteiger charge is -2.33. The number of oxime groups is 1. The Kier molecular flexibility index (Phi) is 5.63. The van der Waals surface area contributed by atoms with Gasteiger partial charge in [-0.1, -0.05) is 5.16 Å². The average molecular weight is 449 g/mol. The minimum Gasteiger partial charge on any atom is -0.477 e. The number of aliphatic hydroxyl groups is 2. The van der Waals surface area contributed by atoms with Gasteiger partial charge in [0.2, 0.25) is 5.43 Å². The van der Waals surface area contributed by atoms with Gasteiger partial charge < -0.3 is 25.1 Å². The van der Waals surface area contributed by atoms with Crippen LogP contribution in [0.15, 0.2) is 33.8 Å². The van der Waals surface area contributed by atoms with Crippen LogP contribution in [-0.4, -0.2) is 73.9 Å². The number of fused-ring (bicyclic) bond motifs is 1. The van der Waals surface area contributed by atoms with Crippen LogP contribution >= 0.6 is 11.3 Å². The molecule has 13 heteroatoms. The van der Waals surface area contributed by atoms with E-state index in [1.165, 1.54) is 22.1 Å². The highest BCUT2D eigenvalue weighted by Gasteiger charge is 2.28. The molecule has 0 unspecified atom stereocenters. The van der Waals surface area contributed by atoms with E-state index in [0.29, 0.717) is 10.8 Å². The molecule has 3 aromatic rings. The van der Waals surface area contributed by atoms with Crippen LogP contribution in [0.3, 0.4) is 0 Å². The predicted octanol–water partition coefficient (Wildman–Crippen LogP) is 0.225. The van der Waals surface area contributed by atoms with Crippen LogP contribution in [-0.2, 0) is 4.84 Å². The molecule has 1 aliphatic rings. The molecular formula is C18H16FN5O6S. The van der Waals surface area contributed by atoms with Crippen molar-refractivity contribution in [2.45, 2.75) is 6.10 Å². The van der Waals surface area contributed by atoms with Crippen LogP contribution in [0.25, 0.3) is 16.2 Å². The molecule has 0 radical (unpaired) electrons. The van der Waals surface area contributed by atoms with E-state index in [0.717, 1.165) is 12.3 Å². The van der Waals surface area contributed by atoms with Gasteiger partial charge in [0.25, 0.3) is 0 Å². The van der Waals surface area contributed by atoms with Crippen LogP contribution in [0.1, 0.15) is 10.4 Å². The Bertz CT molecular complexity index is 1220. The standard InChI is InChI=1S/C18H16FN5O6S/c19-13-3-11-14(27)12(17(28)29)6-24(18-20-1-2-31-18)15(11)21-16(13)23-4-9(5-23)22-30-8-10(26)7-25/h1-3,6,10,25-26H,4-5,7-8H2,(H,28,29)/t10-/m1/s1. The molecular weight excluding hydrogens is 433 g/mol. The van der Waals surface area contributed by atoms with Gasteiger partial charge >= 0.3 is 5.97 Å². The Morgan fingerprint density at radius 3 is 2.84 bits per heavy atom. The van der Waals surface area contributed by atoms with Crippen molar-refractivity contribution in [3.63, 3.8) is 0 Å². The predicted molar refractivity (Wildman–Crippen MR) is 109 cm³/mol. The summed E-state index contributed by atoms with van der Waals surface area (Å²) in [6.07, 6.45) is 1.60. The maximum atomic E-state index is 14.8. The molecule has 1 saturated heterocycles. The molecule has 3 aromatic heterocycles. The molecule has 0 aliphatic carbocycles. The fourth-order valence-corrected chi connectivity index (χ4v) is 3.56. The summed E-state index contributed by atoms with van der Waals surface area (Å²) in [4.78, 5) is 38.9. The van der Waals surface area contributed by atoms with Crippen molar-refractivity contribution in [3.05, 3.63) is 45.4 Å². The number of halogens is 1. The largest absolute Gasteiger partial charge is 0.477 e. The van der Waals surface area contributed by atoms with Crippen LogP contribution in [0, 0.1) is 5.82 Å².